The first-order valence-electron chi connectivity index (χ1n) is 7.31. The van der Waals surface area contributed by atoms with E-state index in [0.29, 0.717) is 18.1 Å². The molecular weight excluding hydrogens is 260 g/mol. The maximum atomic E-state index is 12.1. The van der Waals surface area contributed by atoms with E-state index < -0.39 is 9.84 Å². The second kappa shape index (κ2) is 4.93. The van der Waals surface area contributed by atoms with Crippen molar-refractivity contribution in [1.29, 1.82) is 0 Å². The molecule has 0 aromatic carbocycles. The third-order valence-corrected chi connectivity index (χ3v) is 6.81. The monoisotopic (exact) mass is 282 g/mol. The van der Waals surface area contributed by atoms with E-state index in [1.54, 1.807) is 0 Å². The highest BCUT2D eigenvalue weighted by Gasteiger charge is 2.31. The molecule has 0 radical (unpaired) electrons. The van der Waals surface area contributed by atoms with Gasteiger partial charge in [0.1, 0.15) is 5.82 Å². The summed E-state index contributed by atoms with van der Waals surface area (Å²) in [7, 11) is -2.89. The lowest BCUT2D eigenvalue weighted by molar-refractivity contribution is 0.388. The highest BCUT2D eigenvalue weighted by atomic mass is 32.2. The average molecular weight is 282 g/mol. The maximum absolute atomic E-state index is 12.1. The number of hydrogen-bond donors (Lipinski definition) is 0. The molecule has 0 N–H and O–H groups in total. The average Bonchev–Trinajstić information content (AvgIpc) is 2.74. The van der Waals surface area contributed by atoms with E-state index in [0.717, 1.165) is 38.1 Å². The van der Waals surface area contributed by atoms with Gasteiger partial charge < -0.3 is 4.57 Å². The fourth-order valence-electron chi connectivity index (χ4n) is 3.29. The van der Waals surface area contributed by atoms with Gasteiger partial charge in [-0.3, -0.25) is 0 Å². The molecule has 3 heterocycles. The van der Waals surface area contributed by atoms with Crippen molar-refractivity contribution in [2.75, 3.05) is 5.75 Å². The summed E-state index contributed by atoms with van der Waals surface area (Å²) in [5.74, 6) is 2.02. The van der Waals surface area contributed by atoms with Gasteiger partial charge >= 0.3 is 0 Å². The van der Waals surface area contributed by atoms with Crippen LogP contribution in [0.5, 0.6) is 0 Å². The lowest BCUT2D eigenvalue weighted by Crippen LogP contribution is -2.32. The zero-order valence-corrected chi connectivity index (χ0v) is 12.3. The summed E-state index contributed by atoms with van der Waals surface area (Å²) >= 11 is 0. The minimum absolute atomic E-state index is 0.204. The Kier molecular flexibility index (Phi) is 3.41. The van der Waals surface area contributed by atoms with Crippen molar-refractivity contribution < 1.29 is 8.42 Å². The number of nitrogens with zero attached hydrogens (tertiary/aromatic N) is 2. The van der Waals surface area contributed by atoms with Crippen LogP contribution in [0.3, 0.4) is 0 Å². The van der Waals surface area contributed by atoms with Crippen molar-refractivity contribution in [3.05, 3.63) is 17.7 Å². The van der Waals surface area contributed by atoms with Gasteiger partial charge in [-0.25, -0.2) is 13.4 Å². The zero-order valence-electron chi connectivity index (χ0n) is 11.5. The van der Waals surface area contributed by atoms with Gasteiger partial charge in [-0.05, 0) is 31.6 Å². The first kappa shape index (κ1) is 13.2. The Morgan fingerprint density at radius 3 is 3.00 bits per heavy atom. The Hall–Kier alpha value is -0.840. The predicted molar refractivity (Wildman–Crippen MR) is 74.8 cm³/mol. The number of imidazole rings is 1. The number of sulfone groups is 1. The van der Waals surface area contributed by atoms with E-state index >= 15 is 0 Å². The lowest BCUT2D eigenvalue weighted by atomic mass is 10.00. The maximum Gasteiger partial charge on any atom is 0.153 e. The molecule has 2 atom stereocenters. The van der Waals surface area contributed by atoms with E-state index in [9.17, 15) is 8.42 Å². The Morgan fingerprint density at radius 2 is 2.21 bits per heavy atom. The minimum Gasteiger partial charge on any atom is -0.332 e. The quantitative estimate of drug-likeness (QED) is 0.833. The molecule has 3 rings (SSSR count). The highest BCUT2D eigenvalue weighted by molar-refractivity contribution is 7.92. The number of aryl methyl sites for hydroxylation is 1. The lowest BCUT2D eigenvalue weighted by Gasteiger charge is -2.25. The summed E-state index contributed by atoms with van der Waals surface area (Å²) in [4.78, 5) is 4.49. The van der Waals surface area contributed by atoms with E-state index in [1.165, 1.54) is 12.1 Å². The Balaban J connectivity index is 1.82. The largest absolute Gasteiger partial charge is 0.332 e. The van der Waals surface area contributed by atoms with Gasteiger partial charge in [-0.15, -0.1) is 0 Å². The molecule has 2 unspecified atom stereocenters. The fourth-order valence-corrected chi connectivity index (χ4v) is 5.16. The van der Waals surface area contributed by atoms with Crippen LogP contribution < -0.4 is 0 Å². The van der Waals surface area contributed by atoms with Gasteiger partial charge in [0.25, 0.3) is 0 Å². The molecule has 1 aromatic heterocycles. The van der Waals surface area contributed by atoms with Crippen molar-refractivity contribution >= 4 is 9.84 Å². The number of fused-ring (bicyclic) bond motifs is 1. The standard InChI is InChI=1S/C14H22N2O2S/c1-11-5-6-12-9-15-14(16(12)10-11)8-13-4-2-3-7-19(13,17)18/h9,11,13H,2-8,10H2,1H3. The molecule has 2 aliphatic rings. The molecule has 0 bridgehead atoms. The Morgan fingerprint density at radius 1 is 1.37 bits per heavy atom. The van der Waals surface area contributed by atoms with E-state index in [4.69, 9.17) is 0 Å². The zero-order chi connectivity index (χ0) is 13.5. The van der Waals surface area contributed by atoms with Crippen molar-refractivity contribution in [3.8, 4) is 0 Å². The van der Waals surface area contributed by atoms with Gasteiger partial charge in [0, 0.05) is 24.9 Å². The van der Waals surface area contributed by atoms with Crippen LogP contribution in [0.25, 0.3) is 0 Å². The molecule has 19 heavy (non-hydrogen) atoms. The first-order chi connectivity index (χ1) is 9.06. The Labute approximate surface area is 115 Å². The van der Waals surface area contributed by atoms with Crippen LogP contribution >= 0.6 is 0 Å². The van der Waals surface area contributed by atoms with Crippen LogP contribution in [-0.4, -0.2) is 29.0 Å². The van der Waals surface area contributed by atoms with Gasteiger partial charge in [0.05, 0.1) is 11.0 Å². The smallest absolute Gasteiger partial charge is 0.153 e. The second-order valence-electron chi connectivity index (χ2n) is 6.11. The van der Waals surface area contributed by atoms with Crippen molar-refractivity contribution in [2.45, 2.75) is 57.2 Å². The molecule has 0 spiro atoms. The second-order valence-corrected chi connectivity index (χ2v) is 8.51. The van der Waals surface area contributed by atoms with Crippen LogP contribution in [0.2, 0.25) is 0 Å². The molecular formula is C14H22N2O2S. The summed E-state index contributed by atoms with van der Waals surface area (Å²) in [6.45, 7) is 3.25. The molecule has 0 saturated carbocycles. The van der Waals surface area contributed by atoms with E-state index in [-0.39, 0.29) is 5.25 Å². The van der Waals surface area contributed by atoms with Crippen LogP contribution in [0.4, 0.5) is 0 Å². The third kappa shape index (κ3) is 2.57. The molecule has 0 amide bonds. The number of rotatable bonds is 2. The topological polar surface area (TPSA) is 52.0 Å². The van der Waals surface area contributed by atoms with Crippen molar-refractivity contribution in [2.24, 2.45) is 5.92 Å². The Bertz CT molecular complexity index is 562. The SMILES string of the molecule is CC1CCc2cnc(CC3CCCCS3(=O)=O)n2C1. The van der Waals surface area contributed by atoms with Crippen LogP contribution in [0.15, 0.2) is 6.20 Å². The molecule has 1 fully saturated rings. The van der Waals surface area contributed by atoms with Crippen LogP contribution in [0, 0.1) is 5.92 Å². The molecule has 1 saturated heterocycles. The molecule has 1 aromatic rings. The molecule has 4 nitrogen and oxygen atoms in total. The first-order valence-corrected chi connectivity index (χ1v) is 9.02. The summed E-state index contributed by atoms with van der Waals surface area (Å²) in [6.07, 6.45) is 7.51. The van der Waals surface area contributed by atoms with Crippen LogP contribution in [-0.2, 0) is 29.2 Å². The molecule has 5 heteroatoms. The van der Waals surface area contributed by atoms with E-state index in [1.807, 2.05) is 6.20 Å². The van der Waals surface area contributed by atoms with E-state index in [2.05, 4.69) is 16.5 Å². The van der Waals surface area contributed by atoms with Gasteiger partial charge in [-0.2, -0.15) is 0 Å². The van der Waals surface area contributed by atoms with Gasteiger partial charge in [-0.1, -0.05) is 13.3 Å². The van der Waals surface area contributed by atoms with Crippen LogP contribution in [0.1, 0.15) is 44.1 Å². The predicted octanol–water partition coefficient (Wildman–Crippen LogP) is 1.98. The van der Waals surface area contributed by atoms with Crippen molar-refractivity contribution in [3.63, 3.8) is 0 Å². The molecule has 0 aliphatic carbocycles. The summed E-state index contributed by atoms with van der Waals surface area (Å²) in [6, 6.07) is 0. The number of aromatic nitrogens is 2. The third-order valence-electron chi connectivity index (χ3n) is 4.53. The molecule has 106 valence electrons. The highest BCUT2D eigenvalue weighted by Crippen LogP contribution is 2.26. The summed E-state index contributed by atoms with van der Waals surface area (Å²) in [5, 5.41) is -0.204. The van der Waals surface area contributed by atoms with Gasteiger partial charge in [0.15, 0.2) is 9.84 Å². The van der Waals surface area contributed by atoms with Crippen molar-refractivity contribution in [1.82, 2.24) is 9.55 Å². The van der Waals surface area contributed by atoms with Gasteiger partial charge in [0.2, 0.25) is 0 Å². The number of hydrogen-bond acceptors (Lipinski definition) is 3. The molecule has 2 aliphatic heterocycles. The fraction of sp³-hybridized carbons (Fsp3) is 0.786. The summed E-state index contributed by atoms with van der Waals surface area (Å²) < 4.78 is 26.5. The normalized spacial score (nSPS) is 29.9. The summed E-state index contributed by atoms with van der Waals surface area (Å²) in [5.41, 5.74) is 1.28. The minimum atomic E-state index is -2.89.